The van der Waals surface area contributed by atoms with Crippen LogP contribution in [0, 0.1) is 11.3 Å². The number of anilines is 1. The third-order valence-corrected chi connectivity index (χ3v) is 4.23. The van der Waals surface area contributed by atoms with Gasteiger partial charge in [-0.15, -0.1) is 0 Å². The van der Waals surface area contributed by atoms with Crippen LogP contribution < -0.4 is 4.90 Å². The van der Waals surface area contributed by atoms with Crippen LogP contribution >= 0.6 is 11.6 Å². The first kappa shape index (κ1) is 15.5. The highest BCUT2D eigenvalue weighted by Gasteiger charge is 2.25. The zero-order valence-electron chi connectivity index (χ0n) is 12.4. The standard InChI is InChI=1S/C15H19ClN4O2/c16-14-7-12(8-17)9-18-15(14)20-3-6-22-13(11-20)10-19-1-4-21-5-2-19/h7,9,13H,1-6,10-11H2. The highest BCUT2D eigenvalue weighted by atomic mass is 35.5. The first-order valence-electron chi connectivity index (χ1n) is 7.48. The van der Waals surface area contributed by atoms with Crippen LogP contribution in [0.4, 0.5) is 5.82 Å². The van der Waals surface area contributed by atoms with Gasteiger partial charge in [0, 0.05) is 38.9 Å². The first-order valence-corrected chi connectivity index (χ1v) is 7.86. The molecule has 0 amide bonds. The Bertz CT molecular complexity index is 557. The van der Waals surface area contributed by atoms with Gasteiger partial charge in [0.05, 0.1) is 36.5 Å². The predicted molar refractivity (Wildman–Crippen MR) is 83.2 cm³/mol. The lowest BCUT2D eigenvalue weighted by Crippen LogP contribution is -2.50. The van der Waals surface area contributed by atoms with E-state index >= 15 is 0 Å². The smallest absolute Gasteiger partial charge is 0.147 e. The van der Waals surface area contributed by atoms with E-state index in [1.54, 1.807) is 12.3 Å². The van der Waals surface area contributed by atoms with Crippen LogP contribution in [0.25, 0.3) is 0 Å². The molecule has 2 aliphatic rings. The molecule has 0 radical (unpaired) electrons. The van der Waals surface area contributed by atoms with E-state index in [0.717, 1.165) is 51.8 Å². The molecule has 1 unspecified atom stereocenters. The number of ether oxygens (including phenoxy) is 2. The Labute approximate surface area is 135 Å². The molecule has 22 heavy (non-hydrogen) atoms. The van der Waals surface area contributed by atoms with E-state index in [2.05, 4.69) is 20.9 Å². The maximum Gasteiger partial charge on any atom is 0.147 e. The third-order valence-electron chi connectivity index (χ3n) is 3.95. The molecule has 6 nitrogen and oxygen atoms in total. The normalized spacial score (nSPS) is 23.3. The van der Waals surface area contributed by atoms with Gasteiger partial charge in [-0.2, -0.15) is 5.26 Å². The molecule has 0 aromatic carbocycles. The fourth-order valence-electron chi connectivity index (χ4n) is 2.82. The second-order valence-corrected chi connectivity index (χ2v) is 5.90. The molecule has 3 rings (SSSR count). The SMILES string of the molecule is N#Cc1cnc(N2CCOC(CN3CCOCC3)C2)c(Cl)c1. The predicted octanol–water partition coefficient (Wildman–Crippen LogP) is 1.14. The fraction of sp³-hybridized carbons (Fsp3) is 0.600. The molecule has 2 aliphatic heterocycles. The van der Waals surface area contributed by atoms with Crippen molar-refractivity contribution in [1.82, 2.24) is 9.88 Å². The van der Waals surface area contributed by atoms with Crippen molar-refractivity contribution in [2.45, 2.75) is 6.10 Å². The van der Waals surface area contributed by atoms with Crippen LogP contribution in [0.1, 0.15) is 5.56 Å². The molecule has 0 N–H and O–H groups in total. The maximum atomic E-state index is 8.89. The van der Waals surface area contributed by atoms with Crippen molar-refractivity contribution >= 4 is 17.4 Å². The molecule has 7 heteroatoms. The van der Waals surface area contributed by atoms with Crippen molar-refractivity contribution in [2.24, 2.45) is 0 Å². The number of hydrogen-bond acceptors (Lipinski definition) is 6. The van der Waals surface area contributed by atoms with E-state index < -0.39 is 0 Å². The number of pyridine rings is 1. The molecule has 1 aromatic rings. The minimum atomic E-state index is 0.139. The molecule has 0 spiro atoms. The Morgan fingerprint density at radius 2 is 2.14 bits per heavy atom. The molecule has 1 aromatic heterocycles. The summed E-state index contributed by atoms with van der Waals surface area (Å²) in [5.41, 5.74) is 0.479. The average Bonchev–Trinajstić information content (AvgIpc) is 2.56. The average molecular weight is 323 g/mol. The third kappa shape index (κ3) is 3.68. The minimum Gasteiger partial charge on any atom is -0.379 e. The van der Waals surface area contributed by atoms with E-state index in [4.69, 9.17) is 26.3 Å². The van der Waals surface area contributed by atoms with Crippen LogP contribution in [0.15, 0.2) is 12.3 Å². The van der Waals surface area contributed by atoms with Gasteiger partial charge in [0.25, 0.3) is 0 Å². The molecular formula is C15H19ClN4O2. The number of halogens is 1. The van der Waals surface area contributed by atoms with Gasteiger partial charge in [-0.25, -0.2) is 4.98 Å². The molecule has 0 saturated carbocycles. The zero-order valence-corrected chi connectivity index (χ0v) is 13.1. The number of morpholine rings is 2. The van der Waals surface area contributed by atoms with Crippen molar-refractivity contribution < 1.29 is 9.47 Å². The van der Waals surface area contributed by atoms with Crippen molar-refractivity contribution in [2.75, 3.05) is 57.4 Å². The highest BCUT2D eigenvalue weighted by molar-refractivity contribution is 6.33. The summed E-state index contributed by atoms with van der Waals surface area (Å²) in [5.74, 6) is 0.732. The Balaban J connectivity index is 1.64. The summed E-state index contributed by atoms with van der Waals surface area (Å²) >= 11 is 6.26. The van der Waals surface area contributed by atoms with E-state index in [1.165, 1.54) is 0 Å². The van der Waals surface area contributed by atoms with Crippen molar-refractivity contribution in [3.63, 3.8) is 0 Å². The van der Waals surface area contributed by atoms with Crippen molar-refractivity contribution in [3.05, 3.63) is 22.8 Å². The lowest BCUT2D eigenvalue weighted by Gasteiger charge is -2.37. The van der Waals surface area contributed by atoms with Gasteiger partial charge >= 0.3 is 0 Å². The monoisotopic (exact) mass is 322 g/mol. The number of aromatic nitrogens is 1. The summed E-state index contributed by atoms with van der Waals surface area (Å²) < 4.78 is 11.2. The molecule has 1 atom stereocenters. The van der Waals surface area contributed by atoms with E-state index in [0.29, 0.717) is 17.2 Å². The van der Waals surface area contributed by atoms with Crippen molar-refractivity contribution in [3.8, 4) is 6.07 Å². The number of rotatable bonds is 3. The second kappa shape index (κ2) is 7.25. The van der Waals surface area contributed by atoms with E-state index in [1.807, 2.05) is 0 Å². The molecule has 118 valence electrons. The summed E-state index contributed by atoms with van der Waals surface area (Å²) in [4.78, 5) is 8.84. The Morgan fingerprint density at radius 1 is 1.32 bits per heavy atom. The van der Waals surface area contributed by atoms with Crippen molar-refractivity contribution in [1.29, 1.82) is 5.26 Å². The number of hydrogen-bond donors (Lipinski definition) is 0. The molecule has 2 saturated heterocycles. The number of nitrogens with zero attached hydrogens (tertiary/aromatic N) is 4. The molecule has 0 bridgehead atoms. The van der Waals surface area contributed by atoms with E-state index in [-0.39, 0.29) is 6.10 Å². The largest absolute Gasteiger partial charge is 0.379 e. The van der Waals surface area contributed by atoms with Gasteiger partial charge in [-0.3, -0.25) is 4.90 Å². The highest BCUT2D eigenvalue weighted by Crippen LogP contribution is 2.25. The van der Waals surface area contributed by atoms with Crippen LogP contribution in [0.2, 0.25) is 5.02 Å². The Morgan fingerprint density at radius 3 is 2.86 bits per heavy atom. The molecule has 2 fully saturated rings. The van der Waals surface area contributed by atoms with Gasteiger partial charge < -0.3 is 14.4 Å². The van der Waals surface area contributed by atoms with Crippen LogP contribution in [0.3, 0.4) is 0 Å². The van der Waals surface area contributed by atoms with Crippen LogP contribution in [-0.4, -0.2) is 68.5 Å². The Kier molecular flexibility index (Phi) is 5.11. The van der Waals surface area contributed by atoms with Gasteiger partial charge in [-0.05, 0) is 6.07 Å². The van der Waals surface area contributed by atoms with Gasteiger partial charge in [-0.1, -0.05) is 11.6 Å². The quantitative estimate of drug-likeness (QED) is 0.832. The summed E-state index contributed by atoms with van der Waals surface area (Å²) in [6.07, 6.45) is 1.70. The van der Waals surface area contributed by atoms with Gasteiger partial charge in [0.2, 0.25) is 0 Å². The van der Waals surface area contributed by atoms with Gasteiger partial charge in [0.15, 0.2) is 0 Å². The minimum absolute atomic E-state index is 0.139. The summed E-state index contributed by atoms with van der Waals surface area (Å²) in [7, 11) is 0. The number of nitriles is 1. The molecule has 3 heterocycles. The summed E-state index contributed by atoms with van der Waals surface area (Å²) in [6.45, 7) is 6.57. The molecular weight excluding hydrogens is 304 g/mol. The van der Waals surface area contributed by atoms with Crippen LogP contribution in [0.5, 0.6) is 0 Å². The first-order chi connectivity index (χ1) is 10.8. The lowest BCUT2D eigenvalue weighted by atomic mass is 10.2. The Hall–Kier alpha value is -1.39. The lowest BCUT2D eigenvalue weighted by molar-refractivity contribution is -0.0172. The van der Waals surface area contributed by atoms with Crippen LogP contribution in [-0.2, 0) is 9.47 Å². The van der Waals surface area contributed by atoms with Gasteiger partial charge in [0.1, 0.15) is 11.9 Å². The summed E-state index contributed by atoms with van der Waals surface area (Å²) in [5, 5.41) is 9.41. The summed E-state index contributed by atoms with van der Waals surface area (Å²) in [6, 6.07) is 3.72. The van der Waals surface area contributed by atoms with E-state index in [9.17, 15) is 0 Å². The molecule has 0 aliphatic carbocycles. The second-order valence-electron chi connectivity index (χ2n) is 5.49. The fourth-order valence-corrected chi connectivity index (χ4v) is 3.10. The zero-order chi connectivity index (χ0) is 15.4. The topological polar surface area (TPSA) is 61.6 Å². The maximum absolute atomic E-state index is 8.89.